The molecule has 0 aromatic carbocycles. The smallest absolute Gasteiger partial charge is 0.0328 e. The van der Waals surface area contributed by atoms with Crippen LogP contribution in [-0.4, -0.2) is 30.1 Å². The van der Waals surface area contributed by atoms with Gasteiger partial charge in [0.05, 0.1) is 0 Å². The first-order chi connectivity index (χ1) is 9.84. The second-order valence-corrected chi connectivity index (χ2v) is 8.23. The summed E-state index contributed by atoms with van der Waals surface area (Å²) in [7, 11) is 0. The Labute approximate surface area is 135 Å². The Balaban J connectivity index is 2.69. The summed E-state index contributed by atoms with van der Waals surface area (Å²) in [4.78, 5) is 4.07. The van der Waals surface area contributed by atoms with Crippen LogP contribution in [0.25, 0.3) is 0 Å². The van der Waals surface area contributed by atoms with Crippen molar-refractivity contribution in [2.45, 2.75) is 66.5 Å². The third-order valence-electron chi connectivity index (χ3n) is 4.46. The molecule has 1 heterocycles. The van der Waals surface area contributed by atoms with E-state index in [1.807, 2.05) is 11.3 Å². The molecule has 0 fully saturated rings. The Kier molecular flexibility index (Phi) is 7.38. The predicted octanol–water partition coefficient (Wildman–Crippen LogP) is 4.76. The Morgan fingerprint density at radius 1 is 1.14 bits per heavy atom. The molecule has 0 bridgehead atoms. The van der Waals surface area contributed by atoms with Crippen LogP contribution in [0.2, 0.25) is 0 Å². The van der Waals surface area contributed by atoms with E-state index in [1.165, 1.54) is 24.3 Å². The zero-order chi connectivity index (χ0) is 15.9. The van der Waals surface area contributed by atoms with Gasteiger partial charge in [-0.2, -0.15) is 0 Å². The molecule has 0 saturated heterocycles. The Hall–Kier alpha value is -0.380. The molecule has 0 amide bonds. The molecule has 2 nitrogen and oxygen atoms in total. The zero-order valence-corrected chi connectivity index (χ0v) is 15.6. The number of hydrogen-bond acceptors (Lipinski definition) is 3. The standard InChI is InChI=1S/C18H34N2S/c1-7-18(8-2,14-19-17(4,5)6)15-20(9-3)13-16-11-10-12-21-16/h10-12,19H,7-9,13-15H2,1-6H3. The van der Waals surface area contributed by atoms with Crippen molar-refractivity contribution < 1.29 is 0 Å². The van der Waals surface area contributed by atoms with Gasteiger partial charge in [-0.3, -0.25) is 4.90 Å². The highest BCUT2D eigenvalue weighted by molar-refractivity contribution is 7.09. The summed E-state index contributed by atoms with van der Waals surface area (Å²) in [5, 5.41) is 5.91. The van der Waals surface area contributed by atoms with E-state index in [2.05, 4.69) is 69.3 Å². The van der Waals surface area contributed by atoms with E-state index < -0.39 is 0 Å². The lowest BCUT2D eigenvalue weighted by Gasteiger charge is -2.39. The fourth-order valence-electron chi connectivity index (χ4n) is 2.61. The van der Waals surface area contributed by atoms with Gasteiger partial charge in [-0.25, -0.2) is 0 Å². The molecule has 1 rings (SSSR count). The van der Waals surface area contributed by atoms with E-state index in [-0.39, 0.29) is 5.54 Å². The van der Waals surface area contributed by atoms with Crippen molar-refractivity contribution in [2.75, 3.05) is 19.6 Å². The minimum absolute atomic E-state index is 0.195. The zero-order valence-electron chi connectivity index (χ0n) is 14.8. The second kappa shape index (κ2) is 8.30. The summed E-state index contributed by atoms with van der Waals surface area (Å²) in [6, 6.07) is 4.40. The molecule has 0 aliphatic carbocycles. The number of thiophene rings is 1. The van der Waals surface area contributed by atoms with Crippen LogP contribution in [-0.2, 0) is 6.54 Å². The van der Waals surface area contributed by atoms with Gasteiger partial charge in [0.2, 0.25) is 0 Å². The lowest BCUT2D eigenvalue weighted by molar-refractivity contribution is 0.125. The maximum absolute atomic E-state index is 3.73. The van der Waals surface area contributed by atoms with Gasteiger partial charge in [0, 0.05) is 30.1 Å². The van der Waals surface area contributed by atoms with Crippen molar-refractivity contribution >= 4 is 11.3 Å². The van der Waals surface area contributed by atoms with E-state index in [1.54, 1.807) is 0 Å². The number of hydrogen-bond donors (Lipinski definition) is 1. The van der Waals surface area contributed by atoms with Gasteiger partial charge < -0.3 is 5.32 Å². The average molecular weight is 311 g/mol. The van der Waals surface area contributed by atoms with Crippen LogP contribution in [0.1, 0.15) is 59.3 Å². The number of nitrogens with zero attached hydrogens (tertiary/aromatic N) is 1. The summed E-state index contributed by atoms with van der Waals surface area (Å²) in [6.07, 6.45) is 2.46. The van der Waals surface area contributed by atoms with Gasteiger partial charge in [0.15, 0.2) is 0 Å². The lowest BCUT2D eigenvalue weighted by Crippen LogP contribution is -2.48. The molecule has 0 aliphatic rings. The molecule has 0 saturated carbocycles. The molecule has 0 spiro atoms. The van der Waals surface area contributed by atoms with Gasteiger partial charge in [-0.15, -0.1) is 11.3 Å². The second-order valence-electron chi connectivity index (χ2n) is 7.19. The average Bonchev–Trinajstić information content (AvgIpc) is 2.94. The van der Waals surface area contributed by atoms with Crippen molar-refractivity contribution in [3.8, 4) is 0 Å². The normalized spacial score (nSPS) is 13.1. The van der Waals surface area contributed by atoms with E-state index in [4.69, 9.17) is 0 Å². The lowest BCUT2D eigenvalue weighted by atomic mass is 9.81. The molecule has 3 heteroatoms. The summed E-state index contributed by atoms with van der Waals surface area (Å²) >= 11 is 1.87. The molecule has 0 radical (unpaired) electrons. The highest BCUT2D eigenvalue weighted by Crippen LogP contribution is 2.28. The van der Waals surface area contributed by atoms with Crippen LogP contribution < -0.4 is 5.32 Å². The monoisotopic (exact) mass is 310 g/mol. The minimum atomic E-state index is 0.195. The van der Waals surface area contributed by atoms with Gasteiger partial charge >= 0.3 is 0 Å². The summed E-state index contributed by atoms with van der Waals surface area (Å²) in [5.41, 5.74) is 0.570. The number of nitrogens with one attached hydrogen (secondary N) is 1. The van der Waals surface area contributed by atoms with Gasteiger partial charge in [-0.1, -0.05) is 26.8 Å². The quantitative estimate of drug-likeness (QED) is 0.707. The van der Waals surface area contributed by atoms with Gasteiger partial charge in [0.25, 0.3) is 0 Å². The fraction of sp³-hybridized carbons (Fsp3) is 0.778. The highest BCUT2D eigenvalue weighted by Gasteiger charge is 2.29. The first kappa shape index (κ1) is 18.7. The summed E-state index contributed by atoms with van der Waals surface area (Å²) in [5.74, 6) is 0. The van der Waals surface area contributed by atoms with Crippen LogP contribution in [0.3, 0.4) is 0 Å². The molecule has 1 aromatic heterocycles. The topological polar surface area (TPSA) is 15.3 Å². The van der Waals surface area contributed by atoms with E-state index >= 15 is 0 Å². The molecule has 0 atom stereocenters. The molecule has 122 valence electrons. The first-order valence-corrected chi connectivity index (χ1v) is 9.22. The van der Waals surface area contributed by atoms with Crippen molar-refractivity contribution in [1.82, 2.24) is 10.2 Å². The Morgan fingerprint density at radius 3 is 2.24 bits per heavy atom. The molecular formula is C18H34N2S. The van der Waals surface area contributed by atoms with Crippen LogP contribution in [0, 0.1) is 5.41 Å². The molecule has 1 aromatic rings. The highest BCUT2D eigenvalue weighted by atomic mass is 32.1. The number of rotatable bonds is 9. The minimum Gasteiger partial charge on any atom is -0.311 e. The largest absolute Gasteiger partial charge is 0.311 e. The van der Waals surface area contributed by atoms with E-state index in [9.17, 15) is 0 Å². The third kappa shape index (κ3) is 6.50. The maximum atomic E-state index is 3.73. The molecule has 1 N–H and O–H groups in total. The summed E-state index contributed by atoms with van der Waals surface area (Å²) < 4.78 is 0. The molecular weight excluding hydrogens is 276 g/mol. The molecule has 0 aliphatic heterocycles. The van der Waals surface area contributed by atoms with E-state index in [0.717, 1.165) is 19.6 Å². The fourth-order valence-corrected chi connectivity index (χ4v) is 3.36. The first-order valence-electron chi connectivity index (χ1n) is 8.34. The van der Waals surface area contributed by atoms with Crippen molar-refractivity contribution in [3.05, 3.63) is 22.4 Å². The third-order valence-corrected chi connectivity index (χ3v) is 5.32. The Morgan fingerprint density at radius 2 is 1.81 bits per heavy atom. The van der Waals surface area contributed by atoms with E-state index in [0.29, 0.717) is 5.41 Å². The van der Waals surface area contributed by atoms with Gasteiger partial charge in [-0.05, 0) is 57.0 Å². The van der Waals surface area contributed by atoms with Crippen molar-refractivity contribution in [2.24, 2.45) is 5.41 Å². The van der Waals surface area contributed by atoms with Gasteiger partial charge in [0.1, 0.15) is 0 Å². The van der Waals surface area contributed by atoms with Crippen LogP contribution in [0.4, 0.5) is 0 Å². The van der Waals surface area contributed by atoms with Crippen molar-refractivity contribution in [1.29, 1.82) is 0 Å². The molecule has 21 heavy (non-hydrogen) atoms. The molecule has 0 unspecified atom stereocenters. The van der Waals surface area contributed by atoms with Crippen LogP contribution >= 0.6 is 11.3 Å². The SMILES string of the molecule is CCN(Cc1cccs1)CC(CC)(CC)CNC(C)(C)C. The Bertz CT molecular complexity index is 374. The maximum Gasteiger partial charge on any atom is 0.0328 e. The predicted molar refractivity (Wildman–Crippen MR) is 96.0 cm³/mol. The van der Waals surface area contributed by atoms with Crippen LogP contribution in [0.15, 0.2) is 17.5 Å². The van der Waals surface area contributed by atoms with Crippen molar-refractivity contribution in [3.63, 3.8) is 0 Å². The summed E-state index contributed by atoms with van der Waals surface area (Å²) in [6.45, 7) is 18.2. The van der Waals surface area contributed by atoms with Crippen LogP contribution in [0.5, 0.6) is 0 Å².